The van der Waals surface area contributed by atoms with Gasteiger partial charge in [-0.3, -0.25) is 14.3 Å². The highest BCUT2D eigenvalue weighted by Crippen LogP contribution is 2.34. The Morgan fingerprint density at radius 3 is 2.84 bits per heavy atom. The number of carbonyl (C=O) groups is 2. The van der Waals surface area contributed by atoms with Crippen LogP contribution in [0.3, 0.4) is 0 Å². The van der Waals surface area contributed by atoms with Crippen LogP contribution in [0, 0.1) is 6.92 Å². The first-order chi connectivity index (χ1) is 12.0. The van der Waals surface area contributed by atoms with E-state index in [1.54, 1.807) is 13.1 Å². The smallest absolute Gasteiger partial charge is 0.272 e. The Hall–Kier alpha value is -1.93. The van der Waals surface area contributed by atoms with E-state index in [-0.39, 0.29) is 30.0 Å². The molecule has 1 aromatic heterocycles. The lowest BCUT2D eigenvalue weighted by atomic mass is 9.84. The highest BCUT2D eigenvalue weighted by atomic mass is 16.5. The molecule has 2 fully saturated rings. The van der Waals surface area contributed by atoms with Gasteiger partial charge in [-0.1, -0.05) is 0 Å². The lowest BCUT2D eigenvalue weighted by molar-refractivity contribution is -0.139. The molecule has 138 valence electrons. The molecule has 2 amide bonds. The van der Waals surface area contributed by atoms with E-state index in [1.165, 1.54) is 4.68 Å². The van der Waals surface area contributed by atoms with E-state index >= 15 is 0 Å². The molecule has 2 aliphatic heterocycles. The SMILES string of the molecule is CNC(=O)Cn1nc(C(=O)N[C@@H]2CCOC3(CCOCC3)C2)cc1C. The molecular formula is C17H26N4O4. The number of hydrogen-bond acceptors (Lipinski definition) is 5. The molecule has 0 aliphatic carbocycles. The minimum absolute atomic E-state index is 0.0729. The maximum absolute atomic E-state index is 12.6. The second-order valence-corrected chi connectivity index (χ2v) is 6.81. The quantitative estimate of drug-likeness (QED) is 0.819. The van der Waals surface area contributed by atoms with Gasteiger partial charge < -0.3 is 20.1 Å². The van der Waals surface area contributed by atoms with E-state index in [2.05, 4.69) is 15.7 Å². The van der Waals surface area contributed by atoms with E-state index in [1.807, 2.05) is 6.92 Å². The number of aryl methyl sites for hydroxylation is 1. The highest BCUT2D eigenvalue weighted by molar-refractivity contribution is 5.92. The van der Waals surface area contributed by atoms with Crippen molar-refractivity contribution in [3.8, 4) is 0 Å². The number of ether oxygens (including phenoxy) is 2. The molecule has 2 N–H and O–H groups in total. The molecule has 3 rings (SSSR count). The molecule has 2 aliphatic rings. The fraction of sp³-hybridized carbons (Fsp3) is 0.706. The van der Waals surface area contributed by atoms with Gasteiger partial charge in [0, 0.05) is 38.6 Å². The van der Waals surface area contributed by atoms with Crippen molar-refractivity contribution in [3.05, 3.63) is 17.5 Å². The minimum atomic E-state index is -0.201. The molecule has 8 heteroatoms. The summed E-state index contributed by atoms with van der Waals surface area (Å²) in [5.74, 6) is -0.350. The molecule has 2 saturated heterocycles. The van der Waals surface area contributed by atoms with Crippen LogP contribution in [0.1, 0.15) is 41.9 Å². The maximum atomic E-state index is 12.6. The first-order valence-electron chi connectivity index (χ1n) is 8.79. The van der Waals surface area contributed by atoms with E-state index < -0.39 is 0 Å². The average molecular weight is 350 g/mol. The Balaban J connectivity index is 1.62. The maximum Gasteiger partial charge on any atom is 0.272 e. The summed E-state index contributed by atoms with van der Waals surface area (Å²) in [5, 5.41) is 9.89. The third-order valence-electron chi connectivity index (χ3n) is 5.02. The first kappa shape index (κ1) is 17.9. The minimum Gasteiger partial charge on any atom is -0.381 e. The van der Waals surface area contributed by atoms with Gasteiger partial charge in [-0.15, -0.1) is 0 Å². The van der Waals surface area contributed by atoms with E-state index in [0.29, 0.717) is 25.5 Å². The summed E-state index contributed by atoms with van der Waals surface area (Å²) in [6.07, 6.45) is 3.35. The molecule has 0 bridgehead atoms. The topological polar surface area (TPSA) is 94.5 Å². The van der Waals surface area contributed by atoms with Crippen LogP contribution in [0.4, 0.5) is 0 Å². The van der Waals surface area contributed by atoms with Crippen molar-refractivity contribution in [2.75, 3.05) is 26.9 Å². The largest absolute Gasteiger partial charge is 0.381 e. The van der Waals surface area contributed by atoms with Crippen LogP contribution >= 0.6 is 0 Å². The number of hydrogen-bond donors (Lipinski definition) is 2. The number of nitrogens with zero attached hydrogens (tertiary/aromatic N) is 2. The van der Waals surface area contributed by atoms with Gasteiger partial charge in [-0.2, -0.15) is 5.10 Å². The van der Waals surface area contributed by atoms with Gasteiger partial charge in [0.25, 0.3) is 5.91 Å². The van der Waals surface area contributed by atoms with Crippen LogP contribution in [0.2, 0.25) is 0 Å². The molecule has 0 unspecified atom stereocenters. The lowest BCUT2D eigenvalue weighted by Gasteiger charge is -2.43. The van der Waals surface area contributed by atoms with Crippen molar-refractivity contribution in [1.29, 1.82) is 0 Å². The predicted molar refractivity (Wildman–Crippen MR) is 90.3 cm³/mol. The standard InChI is InChI=1S/C17H26N4O4/c1-12-9-14(20-21(12)11-15(22)18-2)16(23)19-13-3-6-25-17(10-13)4-7-24-8-5-17/h9,13H,3-8,10-11H2,1-2H3,(H,18,22)(H,19,23)/t13-/m1/s1. The summed E-state index contributed by atoms with van der Waals surface area (Å²) in [4.78, 5) is 24.1. The molecule has 3 heterocycles. The van der Waals surface area contributed by atoms with Crippen molar-refractivity contribution in [1.82, 2.24) is 20.4 Å². The molecule has 25 heavy (non-hydrogen) atoms. The molecule has 8 nitrogen and oxygen atoms in total. The van der Waals surface area contributed by atoms with Crippen molar-refractivity contribution < 1.29 is 19.1 Å². The van der Waals surface area contributed by atoms with Gasteiger partial charge >= 0.3 is 0 Å². The van der Waals surface area contributed by atoms with Crippen LogP contribution in [0.25, 0.3) is 0 Å². The monoisotopic (exact) mass is 350 g/mol. The first-order valence-corrected chi connectivity index (χ1v) is 8.79. The average Bonchev–Trinajstić information content (AvgIpc) is 2.96. The third-order valence-corrected chi connectivity index (χ3v) is 5.02. The van der Waals surface area contributed by atoms with Crippen LogP contribution < -0.4 is 10.6 Å². The van der Waals surface area contributed by atoms with Gasteiger partial charge in [0.1, 0.15) is 12.2 Å². The van der Waals surface area contributed by atoms with E-state index in [9.17, 15) is 9.59 Å². The van der Waals surface area contributed by atoms with Crippen molar-refractivity contribution in [2.24, 2.45) is 0 Å². The van der Waals surface area contributed by atoms with Gasteiger partial charge in [-0.25, -0.2) is 0 Å². The Morgan fingerprint density at radius 2 is 2.12 bits per heavy atom. The predicted octanol–water partition coefficient (Wildman–Crippen LogP) is 0.396. The number of likely N-dealkylation sites (N-methyl/N-ethyl adjacent to an activating group) is 1. The molecule has 1 atom stereocenters. The number of aromatic nitrogens is 2. The normalized spacial score (nSPS) is 22.6. The highest BCUT2D eigenvalue weighted by Gasteiger charge is 2.39. The van der Waals surface area contributed by atoms with Gasteiger partial charge in [-0.05, 0) is 38.7 Å². The fourth-order valence-electron chi connectivity index (χ4n) is 3.50. The Bertz CT molecular complexity index is 631. The van der Waals surface area contributed by atoms with Crippen molar-refractivity contribution in [3.63, 3.8) is 0 Å². The lowest BCUT2D eigenvalue weighted by Crippen LogP contribution is -2.51. The molecule has 0 saturated carbocycles. The summed E-state index contributed by atoms with van der Waals surface area (Å²) in [6, 6.07) is 1.78. The zero-order valence-electron chi connectivity index (χ0n) is 14.8. The zero-order valence-corrected chi connectivity index (χ0v) is 14.8. The summed E-state index contributed by atoms with van der Waals surface area (Å²) in [7, 11) is 1.58. The summed E-state index contributed by atoms with van der Waals surface area (Å²) in [5.41, 5.74) is 0.957. The number of rotatable bonds is 4. The number of amides is 2. The third kappa shape index (κ3) is 4.19. The van der Waals surface area contributed by atoms with Crippen molar-refractivity contribution >= 4 is 11.8 Å². The van der Waals surface area contributed by atoms with Crippen LogP contribution in [-0.4, -0.2) is 60.1 Å². The summed E-state index contributed by atoms with van der Waals surface area (Å²) in [6.45, 7) is 4.01. The molecule has 1 aromatic rings. The molecular weight excluding hydrogens is 324 g/mol. The Morgan fingerprint density at radius 1 is 1.36 bits per heavy atom. The molecule has 0 radical (unpaired) electrons. The zero-order chi connectivity index (χ0) is 17.9. The van der Waals surface area contributed by atoms with E-state index in [0.717, 1.165) is 31.4 Å². The second kappa shape index (κ2) is 7.53. The second-order valence-electron chi connectivity index (χ2n) is 6.81. The Labute approximate surface area is 147 Å². The summed E-state index contributed by atoms with van der Waals surface area (Å²) < 4.78 is 13.0. The van der Waals surface area contributed by atoms with Gasteiger partial charge in [0.15, 0.2) is 0 Å². The van der Waals surface area contributed by atoms with E-state index in [4.69, 9.17) is 9.47 Å². The van der Waals surface area contributed by atoms with Crippen LogP contribution in [-0.2, 0) is 20.8 Å². The van der Waals surface area contributed by atoms with Crippen LogP contribution in [0.15, 0.2) is 6.07 Å². The number of carbonyl (C=O) groups excluding carboxylic acids is 2. The number of nitrogens with one attached hydrogen (secondary N) is 2. The van der Waals surface area contributed by atoms with Crippen LogP contribution in [0.5, 0.6) is 0 Å². The van der Waals surface area contributed by atoms with Gasteiger partial charge in [0.2, 0.25) is 5.91 Å². The van der Waals surface area contributed by atoms with Crippen molar-refractivity contribution in [2.45, 2.75) is 50.8 Å². The summed E-state index contributed by atoms with van der Waals surface area (Å²) >= 11 is 0. The molecule has 1 spiro atoms. The molecule has 0 aromatic carbocycles. The van der Waals surface area contributed by atoms with Gasteiger partial charge in [0.05, 0.1) is 5.60 Å². The Kier molecular flexibility index (Phi) is 5.39. The fourth-order valence-corrected chi connectivity index (χ4v) is 3.50.